The van der Waals surface area contributed by atoms with Gasteiger partial charge in [0.25, 0.3) is 0 Å². The number of aromatic nitrogens is 2. The lowest BCUT2D eigenvalue weighted by atomic mass is 10.2. The molecular formula is C12H13FN4. The zero-order chi connectivity index (χ0) is 12.3. The Kier molecular flexibility index (Phi) is 3.30. The summed E-state index contributed by atoms with van der Waals surface area (Å²) >= 11 is 0. The van der Waals surface area contributed by atoms with Crippen molar-refractivity contribution in [2.75, 3.05) is 5.32 Å². The van der Waals surface area contributed by atoms with Crippen LogP contribution in [0.2, 0.25) is 0 Å². The van der Waals surface area contributed by atoms with Crippen LogP contribution in [0, 0.1) is 12.7 Å². The topological polar surface area (TPSA) is 63.8 Å². The van der Waals surface area contributed by atoms with Gasteiger partial charge in [-0.25, -0.2) is 14.4 Å². The molecule has 1 aromatic carbocycles. The molecule has 0 saturated carbocycles. The van der Waals surface area contributed by atoms with Crippen LogP contribution in [0.5, 0.6) is 0 Å². The number of anilines is 2. The third-order valence-corrected chi connectivity index (χ3v) is 2.32. The summed E-state index contributed by atoms with van der Waals surface area (Å²) in [5.41, 5.74) is 6.82. The molecule has 0 bridgehead atoms. The lowest BCUT2D eigenvalue weighted by Gasteiger charge is -2.07. The van der Waals surface area contributed by atoms with Gasteiger partial charge in [0.05, 0.1) is 6.54 Å². The summed E-state index contributed by atoms with van der Waals surface area (Å²) in [5.74, 6) is 0.987. The first-order chi connectivity index (χ1) is 8.19. The number of hydrogen-bond donors (Lipinski definition) is 2. The smallest absolute Gasteiger partial charge is 0.144 e. The maximum atomic E-state index is 13.1. The molecule has 1 heterocycles. The highest BCUT2D eigenvalue weighted by Crippen LogP contribution is 2.17. The first-order valence-electron chi connectivity index (χ1n) is 5.24. The van der Waals surface area contributed by atoms with Gasteiger partial charge < -0.3 is 11.1 Å². The molecule has 2 rings (SSSR count). The maximum absolute atomic E-state index is 13.1. The van der Waals surface area contributed by atoms with Gasteiger partial charge in [0, 0.05) is 11.9 Å². The largest absolute Gasteiger partial charge is 0.340 e. The van der Waals surface area contributed by atoms with Crippen molar-refractivity contribution in [2.45, 2.75) is 13.5 Å². The second-order valence-electron chi connectivity index (χ2n) is 3.65. The summed E-state index contributed by atoms with van der Waals surface area (Å²) in [4.78, 5) is 8.19. The Balaban J connectivity index is 2.22. The van der Waals surface area contributed by atoms with Crippen LogP contribution in [0.1, 0.15) is 11.4 Å². The summed E-state index contributed by atoms with van der Waals surface area (Å²) in [7, 11) is 0. The minimum atomic E-state index is -0.221. The standard InChI is InChI=1S/C12H13FN4/c1-8-6-9(2-3-10(8)13)16-11-4-5-15-12(7-14)17-11/h2-6H,7,14H2,1H3,(H,15,16,17). The average Bonchev–Trinajstić information content (AvgIpc) is 2.34. The Hall–Kier alpha value is -2.01. The summed E-state index contributed by atoms with van der Waals surface area (Å²) in [6.07, 6.45) is 1.63. The molecule has 0 saturated heterocycles. The van der Waals surface area contributed by atoms with Crippen molar-refractivity contribution < 1.29 is 4.39 Å². The lowest BCUT2D eigenvalue weighted by Crippen LogP contribution is -2.04. The van der Waals surface area contributed by atoms with Crippen molar-refractivity contribution in [3.63, 3.8) is 0 Å². The summed E-state index contributed by atoms with van der Waals surface area (Å²) < 4.78 is 13.1. The van der Waals surface area contributed by atoms with E-state index in [1.807, 2.05) is 0 Å². The molecule has 17 heavy (non-hydrogen) atoms. The van der Waals surface area contributed by atoms with Crippen LogP contribution in [0.3, 0.4) is 0 Å². The number of benzene rings is 1. The highest BCUT2D eigenvalue weighted by molar-refractivity contribution is 5.56. The lowest BCUT2D eigenvalue weighted by molar-refractivity contribution is 0.619. The highest BCUT2D eigenvalue weighted by Gasteiger charge is 2.01. The molecule has 0 aliphatic rings. The number of nitrogens with zero attached hydrogens (tertiary/aromatic N) is 2. The van der Waals surface area contributed by atoms with Crippen LogP contribution < -0.4 is 11.1 Å². The minimum Gasteiger partial charge on any atom is -0.340 e. The quantitative estimate of drug-likeness (QED) is 0.850. The van der Waals surface area contributed by atoms with Gasteiger partial charge in [-0.15, -0.1) is 0 Å². The molecule has 3 N–H and O–H groups in total. The molecule has 5 heteroatoms. The first-order valence-corrected chi connectivity index (χ1v) is 5.24. The van der Waals surface area contributed by atoms with Crippen molar-refractivity contribution in [3.8, 4) is 0 Å². The SMILES string of the molecule is Cc1cc(Nc2ccnc(CN)n2)ccc1F. The van der Waals surface area contributed by atoms with Gasteiger partial charge in [-0.1, -0.05) is 0 Å². The Morgan fingerprint density at radius 1 is 1.35 bits per heavy atom. The zero-order valence-electron chi connectivity index (χ0n) is 9.44. The van der Waals surface area contributed by atoms with Crippen molar-refractivity contribution in [1.82, 2.24) is 9.97 Å². The third kappa shape index (κ3) is 2.76. The summed E-state index contributed by atoms with van der Waals surface area (Å²) in [5, 5.41) is 3.07. The molecule has 88 valence electrons. The van der Waals surface area contributed by atoms with E-state index >= 15 is 0 Å². The molecule has 4 nitrogen and oxygen atoms in total. The van der Waals surface area contributed by atoms with Crippen LogP contribution in [0.15, 0.2) is 30.5 Å². The second kappa shape index (κ2) is 4.88. The van der Waals surface area contributed by atoms with Gasteiger partial charge in [-0.05, 0) is 36.8 Å². The number of halogens is 1. The van der Waals surface area contributed by atoms with Crippen molar-refractivity contribution in [2.24, 2.45) is 5.73 Å². The molecule has 0 aliphatic carbocycles. The molecule has 2 aromatic rings. The van der Waals surface area contributed by atoms with Gasteiger partial charge >= 0.3 is 0 Å². The maximum Gasteiger partial charge on any atom is 0.144 e. The van der Waals surface area contributed by atoms with Gasteiger partial charge in [0.1, 0.15) is 17.5 Å². The molecule has 1 aromatic heterocycles. The Bertz CT molecular complexity index is 528. The molecular weight excluding hydrogens is 219 g/mol. The number of aryl methyl sites for hydroxylation is 1. The second-order valence-corrected chi connectivity index (χ2v) is 3.65. The molecule has 0 fully saturated rings. The van der Waals surface area contributed by atoms with Crippen molar-refractivity contribution in [3.05, 3.63) is 47.7 Å². The van der Waals surface area contributed by atoms with Crippen LogP contribution in [0.4, 0.5) is 15.9 Å². The number of nitrogens with two attached hydrogens (primary N) is 1. The van der Waals surface area contributed by atoms with Crippen LogP contribution in [0.25, 0.3) is 0 Å². The van der Waals surface area contributed by atoms with E-state index in [9.17, 15) is 4.39 Å². The fourth-order valence-electron chi connectivity index (χ4n) is 1.44. The van der Waals surface area contributed by atoms with E-state index in [2.05, 4.69) is 15.3 Å². The molecule has 0 unspecified atom stereocenters. The molecule has 0 atom stereocenters. The van der Waals surface area contributed by atoms with E-state index in [-0.39, 0.29) is 12.4 Å². The van der Waals surface area contributed by atoms with Gasteiger partial charge in [-0.3, -0.25) is 0 Å². The highest BCUT2D eigenvalue weighted by atomic mass is 19.1. The zero-order valence-corrected chi connectivity index (χ0v) is 9.44. The van der Waals surface area contributed by atoms with E-state index < -0.39 is 0 Å². The number of nitrogens with one attached hydrogen (secondary N) is 1. The van der Waals surface area contributed by atoms with Crippen LogP contribution >= 0.6 is 0 Å². The molecule has 0 aliphatic heterocycles. The van der Waals surface area contributed by atoms with E-state index in [1.165, 1.54) is 6.07 Å². The van der Waals surface area contributed by atoms with Crippen molar-refractivity contribution in [1.29, 1.82) is 0 Å². The fourth-order valence-corrected chi connectivity index (χ4v) is 1.44. The molecule has 0 radical (unpaired) electrons. The van der Waals surface area contributed by atoms with Crippen LogP contribution in [-0.4, -0.2) is 9.97 Å². The Morgan fingerprint density at radius 3 is 2.88 bits per heavy atom. The monoisotopic (exact) mass is 232 g/mol. The minimum absolute atomic E-state index is 0.221. The molecule has 0 amide bonds. The Labute approximate surface area is 98.7 Å². The normalized spacial score (nSPS) is 10.3. The van der Waals surface area contributed by atoms with Crippen molar-refractivity contribution >= 4 is 11.5 Å². The van der Waals surface area contributed by atoms with E-state index in [4.69, 9.17) is 5.73 Å². The van der Waals surface area contributed by atoms with Crippen LogP contribution in [-0.2, 0) is 6.54 Å². The van der Waals surface area contributed by atoms with E-state index in [0.29, 0.717) is 17.2 Å². The van der Waals surface area contributed by atoms with E-state index in [0.717, 1.165) is 5.69 Å². The average molecular weight is 232 g/mol. The summed E-state index contributed by atoms with van der Waals surface area (Å²) in [6, 6.07) is 6.53. The predicted molar refractivity (Wildman–Crippen MR) is 64.3 cm³/mol. The molecule has 0 spiro atoms. The fraction of sp³-hybridized carbons (Fsp3) is 0.167. The van der Waals surface area contributed by atoms with Gasteiger partial charge in [0.15, 0.2) is 0 Å². The van der Waals surface area contributed by atoms with Gasteiger partial charge in [-0.2, -0.15) is 0 Å². The Morgan fingerprint density at radius 2 is 2.18 bits per heavy atom. The van der Waals surface area contributed by atoms with E-state index in [1.54, 1.807) is 31.3 Å². The first kappa shape index (κ1) is 11.5. The third-order valence-electron chi connectivity index (χ3n) is 2.32. The van der Waals surface area contributed by atoms with Gasteiger partial charge in [0.2, 0.25) is 0 Å². The predicted octanol–water partition coefficient (Wildman–Crippen LogP) is 2.13. The number of rotatable bonds is 3. The number of hydrogen-bond acceptors (Lipinski definition) is 4. The summed E-state index contributed by atoms with van der Waals surface area (Å²) in [6.45, 7) is 2.00.